The molecule has 0 spiro atoms. The van der Waals surface area contributed by atoms with Gasteiger partial charge in [0.25, 0.3) is 5.69 Å². The third kappa shape index (κ3) is 2.05. The predicted molar refractivity (Wildman–Crippen MR) is 72.9 cm³/mol. The van der Waals surface area contributed by atoms with E-state index in [9.17, 15) is 10.1 Å². The third-order valence-corrected chi connectivity index (χ3v) is 2.90. The van der Waals surface area contributed by atoms with Gasteiger partial charge in [0, 0.05) is 23.4 Å². The first-order valence-corrected chi connectivity index (χ1v) is 5.85. The number of nitro benzene ring substituents is 1. The van der Waals surface area contributed by atoms with Crippen molar-refractivity contribution in [2.75, 3.05) is 5.32 Å². The van der Waals surface area contributed by atoms with Gasteiger partial charge in [0.15, 0.2) is 0 Å². The number of rotatable bonds is 3. The maximum atomic E-state index is 10.6. The summed E-state index contributed by atoms with van der Waals surface area (Å²) in [7, 11) is 0. The number of hydrogen-bond donors (Lipinski definition) is 1. The van der Waals surface area contributed by atoms with Crippen LogP contribution in [0.25, 0.3) is 11.1 Å². The van der Waals surface area contributed by atoms with Gasteiger partial charge < -0.3 is 9.73 Å². The number of furan rings is 1. The van der Waals surface area contributed by atoms with Gasteiger partial charge >= 0.3 is 0 Å². The second kappa shape index (κ2) is 4.61. The van der Waals surface area contributed by atoms with Crippen LogP contribution in [0.15, 0.2) is 41.3 Å². The fourth-order valence-corrected chi connectivity index (χ4v) is 1.92. The fourth-order valence-electron chi connectivity index (χ4n) is 1.92. The Labute approximate surface area is 113 Å². The van der Waals surface area contributed by atoms with Gasteiger partial charge in [-0.1, -0.05) is 0 Å². The number of anilines is 2. The molecule has 0 amide bonds. The normalized spacial score (nSPS) is 10.7. The van der Waals surface area contributed by atoms with E-state index in [1.54, 1.807) is 18.4 Å². The average molecular weight is 270 g/mol. The van der Waals surface area contributed by atoms with Crippen LogP contribution in [0, 0.1) is 17.0 Å². The second-order valence-corrected chi connectivity index (χ2v) is 4.25. The Kier molecular flexibility index (Phi) is 2.79. The molecule has 0 fully saturated rings. The Hall–Kier alpha value is -2.96. The Morgan fingerprint density at radius 1 is 1.25 bits per heavy atom. The lowest BCUT2D eigenvalue weighted by Crippen LogP contribution is -1.96. The summed E-state index contributed by atoms with van der Waals surface area (Å²) in [6.07, 6.45) is 3.01. The standard InChI is InChI=1S/C13H10N4O3/c1-8-6-20-13-11(8)12(14-7-15-13)16-9-2-4-10(5-3-9)17(18)19/h2-7H,1H3,(H,14,15,16). The van der Waals surface area contributed by atoms with Crippen LogP contribution in [0.2, 0.25) is 0 Å². The zero-order valence-electron chi connectivity index (χ0n) is 10.5. The molecule has 20 heavy (non-hydrogen) atoms. The number of benzene rings is 1. The lowest BCUT2D eigenvalue weighted by atomic mass is 10.2. The summed E-state index contributed by atoms with van der Waals surface area (Å²) >= 11 is 0. The van der Waals surface area contributed by atoms with E-state index in [1.165, 1.54) is 18.5 Å². The van der Waals surface area contributed by atoms with Gasteiger partial charge in [-0.05, 0) is 19.1 Å². The first-order valence-electron chi connectivity index (χ1n) is 5.85. The first-order chi connectivity index (χ1) is 9.65. The van der Waals surface area contributed by atoms with Crippen molar-refractivity contribution in [2.24, 2.45) is 0 Å². The summed E-state index contributed by atoms with van der Waals surface area (Å²) in [5.74, 6) is 0.607. The largest absolute Gasteiger partial charge is 0.446 e. The van der Waals surface area contributed by atoms with E-state index >= 15 is 0 Å². The topological polar surface area (TPSA) is 94.1 Å². The first kappa shape index (κ1) is 12.1. The molecule has 0 bridgehead atoms. The molecule has 100 valence electrons. The SMILES string of the molecule is Cc1coc2ncnc(Nc3ccc([N+](=O)[O-])cc3)c12. The van der Waals surface area contributed by atoms with Crippen LogP contribution >= 0.6 is 0 Å². The van der Waals surface area contributed by atoms with Gasteiger partial charge in [-0.25, -0.2) is 9.97 Å². The number of nitrogens with one attached hydrogen (secondary N) is 1. The van der Waals surface area contributed by atoms with Gasteiger partial charge in [0.2, 0.25) is 5.71 Å². The molecule has 7 heteroatoms. The molecule has 0 aliphatic carbocycles. The van der Waals surface area contributed by atoms with Crippen molar-refractivity contribution in [1.82, 2.24) is 9.97 Å². The lowest BCUT2D eigenvalue weighted by molar-refractivity contribution is -0.384. The molecular weight excluding hydrogens is 260 g/mol. The minimum atomic E-state index is -0.438. The van der Waals surface area contributed by atoms with Crippen molar-refractivity contribution < 1.29 is 9.34 Å². The third-order valence-electron chi connectivity index (χ3n) is 2.90. The summed E-state index contributed by atoms with van der Waals surface area (Å²) < 4.78 is 5.30. The van der Waals surface area contributed by atoms with Gasteiger partial charge in [-0.2, -0.15) is 0 Å². The van der Waals surface area contributed by atoms with Crippen molar-refractivity contribution in [2.45, 2.75) is 6.92 Å². The molecular formula is C13H10N4O3. The summed E-state index contributed by atoms with van der Waals surface area (Å²) in [6, 6.07) is 6.12. The summed E-state index contributed by atoms with van der Waals surface area (Å²) in [5, 5.41) is 14.5. The molecule has 1 aromatic carbocycles. The van der Waals surface area contributed by atoms with Crippen molar-refractivity contribution in [3.05, 3.63) is 52.5 Å². The van der Waals surface area contributed by atoms with E-state index in [-0.39, 0.29) is 5.69 Å². The molecule has 2 heterocycles. The number of nitro groups is 1. The lowest BCUT2D eigenvalue weighted by Gasteiger charge is -2.06. The summed E-state index contributed by atoms with van der Waals surface area (Å²) in [4.78, 5) is 18.4. The predicted octanol–water partition coefficient (Wildman–Crippen LogP) is 3.18. The highest BCUT2D eigenvalue weighted by molar-refractivity contribution is 5.90. The van der Waals surface area contributed by atoms with Crippen LogP contribution in [0.1, 0.15) is 5.56 Å². The minimum Gasteiger partial charge on any atom is -0.446 e. The minimum absolute atomic E-state index is 0.0443. The monoisotopic (exact) mass is 270 g/mol. The molecule has 3 aromatic rings. The van der Waals surface area contributed by atoms with Crippen LogP contribution in [0.5, 0.6) is 0 Å². The number of non-ortho nitro benzene ring substituents is 1. The van der Waals surface area contributed by atoms with Crippen molar-refractivity contribution in [3.8, 4) is 0 Å². The fraction of sp³-hybridized carbons (Fsp3) is 0.0769. The Bertz CT molecular complexity index is 780. The smallest absolute Gasteiger partial charge is 0.269 e. The van der Waals surface area contributed by atoms with Gasteiger partial charge in [0.1, 0.15) is 12.1 Å². The van der Waals surface area contributed by atoms with E-state index in [4.69, 9.17) is 4.42 Å². The average Bonchev–Trinajstić information content (AvgIpc) is 2.82. The van der Waals surface area contributed by atoms with Crippen molar-refractivity contribution in [3.63, 3.8) is 0 Å². The van der Waals surface area contributed by atoms with Crippen LogP contribution < -0.4 is 5.32 Å². The molecule has 0 saturated heterocycles. The Morgan fingerprint density at radius 3 is 2.70 bits per heavy atom. The molecule has 0 atom stereocenters. The molecule has 0 aliphatic heterocycles. The Balaban J connectivity index is 1.96. The molecule has 7 nitrogen and oxygen atoms in total. The number of nitrogens with zero attached hydrogens (tertiary/aromatic N) is 3. The van der Waals surface area contributed by atoms with Crippen molar-refractivity contribution >= 4 is 28.3 Å². The molecule has 3 rings (SSSR count). The van der Waals surface area contributed by atoms with E-state index in [0.717, 1.165) is 10.9 Å². The maximum absolute atomic E-state index is 10.6. The molecule has 0 saturated carbocycles. The second-order valence-electron chi connectivity index (χ2n) is 4.25. The highest BCUT2D eigenvalue weighted by atomic mass is 16.6. The van der Waals surface area contributed by atoms with Crippen molar-refractivity contribution in [1.29, 1.82) is 0 Å². The van der Waals surface area contributed by atoms with Crippen LogP contribution in [0.3, 0.4) is 0 Å². The number of hydrogen-bond acceptors (Lipinski definition) is 6. The van der Waals surface area contributed by atoms with Gasteiger partial charge in [0.05, 0.1) is 16.6 Å². The van der Waals surface area contributed by atoms with E-state index in [0.29, 0.717) is 17.2 Å². The van der Waals surface area contributed by atoms with E-state index in [1.807, 2.05) is 6.92 Å². The zero-order valence-corrected chi connectivity index (χ0v) is 10.5. The Morgan fingerprint density at radius 2 is 2.00 bits per heavy atom. The zero-order chi connectivity index (χ0) is 14.1. The highest BCUT2D eigenvalue weighted by Crippen LogP contribution is 2.27. The molecule has 0 aliphatic rings. The van der Waals surface area contributed by atoms with Gasteiger partial charge in [-0.15, -0.1) is 0 Å². The number of aryl methyl sites for hydroxylation is 1. The molecule has 0 unspecified atom stereocenters. The van der Waals surface area contributed by atoms with E-state index < -0.39 is 4.92 Å². The summed E-state index contributed by atoms with van der Waals surface area (Å²) in [5.41, 5.74) is 2.17. The highest BCUT2D eigenvalue weighted by Gasteiger charge is 2.11. The van der Waals surface area contributed by atoms with Crippen LogP contribution in [-0.4, -0.2) is 14.9 Å². The van der Waals surface area contributed by atoms with E-state index in [2.05, 4.69) is 15.3 Å². The number of aromatic nitrogens is 2. The van der Waals surface area contributed by atoms with Crippen LogP contribution in [-0.2, 0) is 0 Å². The summed E-state index contributed by atoms with van der Waals surface area (Å²) in [6.45, 7) is 1.90. The molecule has 2 aromatic heterocycles. The molecule has 1 N–H and O–H groups in total. The number of fused-ring (bicyclic) bond motifs is 1. The molecule has 0 radical (unpaired) electrons. The quantitative estimate of drug-likeness (QED) is 0.580. The van der Waals surface area contributed by atoms with Gasteiger partial charge in [-0.3, -0.25) is 10.1 Å². The van der Waals surface area contributed by atoms with Crippen LogP contribution in [0.4, 0.5) is 17.2 Å². The maximum Gasteiger partial charge on any atom is 0.269 e.